The smallest absolute Gasteiger partial charge is 0.225 e. The third-order valence-corrected chi connectivity index (χ3v) is 3.95. The maximum atomic E-state index is 13.7. The first kappa shape index (κ1) is 14.9. The zero-order valence-corrected chi connectivity index (χ0v) is 11.5. The summed E-state index contributed by atoms with van der Waals surface area (Å²) in [6.45, 7) is 1.58. The average molecular weight is 282 g/mol. The van der Waals surface area contributed by atoms with Crippen molar-refractivity contribution in [2.45, 2.75) is 44.7 Å². The molecule has 0 saturated heterocycles. The normalized spacial score (nSPS) is 24.2. The van der Waals surface area contributed by atoms with E-state index in [1.807, 2.05) is 0 Å². The van der Waals surface area contributed by atoms with Crippen molar-refractivity contribution in [1.29, 1.82) is 0 Å². The molecule has 3 nitrogen and oxygen atoms in total. The van der Waals surface area contributed by atoms with Crippen LogP contribution in [0.3, 0.4) is 0 Å². The van der Waals surface area contributed by atoms with Crippen LogP contribution in [0.25, 0.3) is 0 Å². The van der Waals surface area contributed by atoms with Crippen molar-refractivity contribution in [2.75, 3.05) is 0 Å². The van der Waals surface area contributed by atoms with Gasteiger partial charge in [-0.05, 0) is 31.9 Å². The molecule has 0 spiro atoms. The van der Waals surface area contributed by atoms with Crippen LogP contribution in [0.5, 0.6) is 0 Å². The molecule has 5 heteroatoms. The van der Waals surface area contributed by atoms with Crippen LogP contribution in [0, 0.1) is 17.6 Å². The fourth-order valence-corrected chi connectivity index (χ4v) is 2.80. The molecule has 1 fully saturated rings. The Morgan fingerprint density at radius 1 is 1.30 bits per heavy atom. The van der Waals surface area contributed by atoms with Crippen molar-refractivity contribution >= 4 is 5.91 Å². The lowest BCUT2D eigenvalue weighted by Gasteiger charge is -2.29. The second kappa shape index (κ2) is 6.31. The molecule has 0 aromatic heterocycles. The van der Waals surface area contributed by atoms with Crippen LogP contribution >= 0.6 is 0 Å². The maximum absolute atomic E-state index is 13.7. The van der Waals surface area contributed by atoms with E-state index in [1.54, 1.807) is 6.92 Å². The molecule has 1 aliphatic carbocycles. The number of nitrogens with two attached hydrogens (primary N) is 1. The highest BCUT2D eigenvalue weighted by molar-refractivity contribution is 5.80. The zero-order chi connectivity index (χ0) is 14.7. The number of hydrogen-bond acceptors (Lipinski definition) is 2. The predicted octanol–water partition coefficient (Wildman–Crippen LogP) is 2.66. The van der Waals surface area contributed by atoms with Gasteiger partial charge in [-0.25, -0.2) is 8.78 Å². The molecular formula is C15H20F2N2O. The van der Waals surface area contributed by atoms with E-state index >= 15 is 0 Å². The van der Waals surface area contributed by atoms with E-state index < -0.39 is 17.7 Å². The van der Waals surface area contributed by atoms with Gasteiger partial charge < -0.3 is 11.1 Å². The van der Waals surface area contributed by atoms with Crippen LogP contribution in [0.4, 0.5) is 8.78 Å². The molecule has 1 aromatic carbocycles. The van der Waals surface area contributed by atoms with Gasteiger partial charge in [0, 0.05) is 11.6 Å². The molecule has 3 unspecified atom stereocenters. The third-order valence-electron chi connectivity index (χ3n) is 3.95. The highest BCUT2D eigenvalue weighted by Gasteiger charge is 2.29. The Morgan fingerprint density at radius 2 is 1.90 bits per heavy atom. The minimum atomic E-state index is -0.710. The van der Waals surface area contributed by atoms with Crippen molar-refractivity contribution in [3.63, 3.8) is 0 Å². The average Bonchev–Trinajstić information content (AvgIpc) is 2.38. The first-order chi connectivity index (χ1) is 9.50. The van der Waals surface area contributed by atoms with E-state index in [9.17, 15) is 13.6 Å². The van der Waals surface area contributed by atoms with E-state index in [2.05, 4.69) is 5.32 Å². The Balaban J connectivity index is 2.07. The Hall–Kier alpha value is -1.49. The number of carbonyl (C=O) groups excluding carboxylic acids is 1. The highest BCUT2D eigenvalue weighted by atomic mass is 19.1. The largest absolute Gasteiger partial charge is 0.349 e. The van der Waals surface area contributed by atoms with E-state index in [4.69, 9.17) is 5.73 Å². The van der Waals surface area contributed by atoms with Gasteiger partial charge in [-0.3, -0.25) is 4.79 Å². The standard InChI is InChI=1S/C15H20F2N2O/c1-9(14-11(16)6-4-7-12(14)17)19-15(20)10-5-2-3-8-13(10)18/h4,6-7,9-10,13H,2-3,5,8,18H2,1H3,(H,19,20). The van der Waals surface area contributed by atoms with Gasteiger partial charge in [0.05, 0.1) is 12.0 Å². The van der Waals surface area contributed by atoms with Crippen LogP contribution in [-0.2, 0) is 4.79 Å². The Kier molecular flexibility index (Phi) is 4.70. The van der Waals surface area contributed by atoms with Gasteiger partial charge in [-0.2, -0.15) is 0 Å². The molecule has 0 bridgehead atoms. The number of benzene rings is 1. The summed E-state index contributed by atoms with van der Waals surface area (Å²) in [4.78, 5) is 12.2. The third kappa shape index (κ3) is 3.15. The minimum Gasteiger partial charge on any atom is -0.349 e. The summed E-state index contributed by atoms with van der Waals surface area (Å²) >= 11 is 0. The summed E-state index contributed by atoms with van der Waals surface area (Å²) in [6.07, 6.45) is 3.55. The van der Waals surface area contributed by atoms with Crippen LogP contribution in [0.15, 0.2) is 18.2 Å². The SMILES string of the molecule is CC(NC(=O)C1CCCCC1N)c1c(F)cccc1F. The Bertz CT molecular complexity index is 473. The van der Waals surface area contributed by atoms with Crippen LogP contribution in [0.2, 0.25) is 0 Å². The van der Waals surface area contributed by atoms with Crippen LogP contribution in [-0.4, -0.2) is 11.9 Å². The lowest BCUT2D eigenvalue weighted by Crippen LogP contribution is -2.44. The second-order valence-electron chi connectivity index (χ2n) is 5.42. The first-order valence-electron chi connectivity index (χ1n) is 7.00. The molecule has 0 radical (unpaired) electrons. The van der Waals surface area contributed by atoms with Crippen molar-refractivity contribution in [3.8, 4) is 0 Å². The molecule has 20 heavy (non-hydrogen) atoms. The molecular weight excluding hydrogens is 262 g/mol. The van der Waals surface area contributed by atoms with E-state index in [-0.39, 0.29) is 23.4 Å². The molecule has 1 aliphatic rings. The summed E-state index contributed by atoms with van der Waals surface area (Å²) in [5.74, 6) is -1.77. The number of amides is 1. The summed E-state index contributed by atoms with van der Waals surface area (Å²) < 4.78 is 27.3. The summed E-state index contributed by atoms with van der Waals surface area (Å²) in [5, 5.41) is 2.68. The molecule has 1 amide bonds. The van der Waals surface area contributed by atoms with Crippen molar-refractivity contribution in [1.82, 2.24) is 5.32 Å². The first-order valence-corrected chi connectivity index (χ1v) is 7.00. The number of nitrogens with one attached hydrogen (secondary N) is 1. The van der Waals surface area contributed by atoms with Gasteiger partial charge in [-0.15, -0.1) is 0 Å². The number of carbonyl (C=O) groups is 1. The lowest BCUT2D eigenvalue weighted by molar-refractivity contribution is -0.127. The highest BCUT2D eigenvalue weighted by Crippen LogP contribution is 2.25. The number of halogens is 2. The molecule has 3 N–H and O–H groups in total. The monoisotopic (exact) mass is 282 g/mol. The van der Waals surface area contributed by atoms with Crippen LogP contribution < -0.4 is 11.1 Å². The van der Waals surface area contributed by atoms with Crippen molar-refractivity contribution < 1.29 is 13.6 Å². The number of rotatable bonds is 3. The molecule has 3 atom stereocenters. The van der Waals surface area contributed by atoms with Gasteiger partial charge in [0.25, 0.3) is 0 Å². The fourth-order valence-electron chi connectivity index (χ4n) is 2.80. The van der Waals surface area contributed by atoms with Gasteiger partial charge in [0.2, 0.25) is 5.91 Å². The van der Waals surface area contributed by atoms with Gasteiger partial charge in [0.15, 0.2) is 0 Å². The maximum Gasteiger partial charge on any atom is 0.225 e. The topological polar surface area (TPSA) is 55.1 Å². The van der Waals surface area contributed by atoms with E-state index in [0.717, 1.165) is 25.7 Å². The minimum absolute atomic E-state index is 0.106. The van der Waals surface area contributed by atoms with E-state index in [1.165, 1.54) is 18.2 Å². The van der Waals surface area contributed by atoms with Crippen molar-refractivity contribution in [3.05, 3.63) is 35.4 Å². The molecule has 0 heterocycles. The summed E-state index contributed by atoms with van der Waals surface area (Å²) in [7, 11) is 0. The summed E-state index contributed by atoms with van der Waals surface area (Å²) in [5.41, 5.74) is 5.84. The Morgan fingerprint density at radius 3 is 2.50 bits per heavy atom. The van der Waals surface area contributed by atoms with Gasteiger partial charge in [-0.1, -0.05) is 18.9 Å². The van der Waals surface area contributed by atoms with E-state index in [0.29, 0.717) is 0 Å². The van der Waals surface area contributed by atoms with Gasteiger partial charge >= 0.3 is 0 Å². The fraction of sp³-hybridized carbons (Fsp3) is 0.533. The predicted molar refractivity (Wildman–Crippen MR) is 72.8 cm³/mol. The molecule has 2 rings (SSSR count). The quantitative estimate of drug-likeness (QED) is 0.895. The Labute approximate surface area is 117 Å². The molecule has 110 valence electrons. The van der Waals surface area contributed by atoms with Gasteiger partial charge in [0.1, 0.15) is 11.6 Å². The lowest BCUT2D eigenvalue weighted by atomic mass is 9.84. The van der Waals surface area contributed by atoms with Crippen molar-refractivity contribution in [2.24, 2.45) is 11.7 Å². The summed E-state index contributed by atoms with van der Waals surface area (Å²) in [6, 6.07) is 2.81. The zero-order valence-electron chi connectivity index (χ0n) is 11.5. The number of hydrogen-bond donors (Lipinski definition) is 2. The second-order valence-corrected chi connectivity index (χ2v) is 5.42. The molecule has 0 aliphatic heterocycles. The molecule has 1 saturated carbocycles. The molecule has 1 aromatic rings. The van der Waals surface area contributed by atoms with Crippen LogP contribution in [0.1, 0.15) is 44.2 Å².